The van der Waals surface area contributed by atoms with E-state index in [9.17, 15) is 9.90 Å². The predicted octanol–water partition coefficient (Wildman–Crippen LogP) is 0.0783. The van der Waals surface area contributed by atoms with Crippen molar-refractivity contribution in [3.05, 3.63) is 29.8 Å². The Morgan fingerprint density at radius 3 is 3.11 bits per heavy atom. The van der Waals surface area contributed by atoms with Gasteiger partial charge in [-0.2, -0.15) is 0 Å². The van der Waals surface area contributed by atoms with Gasteiger partial charge < -0.3 is 20.5 Å². The van der Waals surface area contributed by atoms with E-state index in [0.717, 1.165) is 17.9 Å². The Labute approximate surface area is 113 Å². The molecular formula is C14H20N2O3. The summed E-state index contributed by atoms with van der Waals surface area (Å²) in [6, 6.07) is 7.42. The normalized spacial score (nSPS) is 22.2. The Kier molecular flexibility index (Phi) is 4.39. The maximum absolute atomic E-state index is 11.8. The van der Waals surface area contributed by atoms with Crippen molar-refractivity contribution in [1.29, 1.82) is 0 Å². The number of carbonyl (C=O) groups excluding carboxylic acids is 1. The van der Waals surface area contributed by atoms with Crippen molar-refractivity contribution < 1.29 is 14.6 Å². The van der Waals surface area contributed by atoms with Gasteiger partial charge in [-0.1, -0.05) is 12.1 Å². The number of carbonyl (C=O) groups is 1. The average Bonchev–Trinajstić information content (AvgIpc) is 2.84. The van der Waals surface area contributed by atoms with Gasteiger partial charge in [-0.3, -0.25) is 4.79 Å². The van der Waals surface area contributed by atoms with Crippen LogP contribution in [0.1, 0.15) is 12.0 Å². The molecule has 1 aliphatic rings. The molecule has 1 unspecified atom stereocenters. The molecule has 2 rings (SSSR count). The van der Waals surface area contributed by atoms with E-state index >= 15 is 0 Å². The zero-order chi connectivity index (χ0) is 13.7. The molecule has 19 heavy (non-hydrogen) atoms. The van der Waals surface area contributed by atoms with Gasteiger partial charge in [0.05, 0.1) is 19.1 Å². The minimum atomic E-state index is -0.802. The highest BCUT2D eigenvalue weighted by atomic mass is 16.5. The van der Waals surface area contributed by atoms with Crippen LogP contribution >= 0.6 is 0 Å². The van der Waals surface area contributed by atoms with E-state index < -0.39 is 5.60 Å². The van der Waals surface area contributed by atoms with Crippen LogP contribution in [-0.2, 0) is 11.2 Å². The van der Waals surface area contributed by atoms with Crippen molar-refractivity contribution in [2.24, 2.45) is 0 Å². The summed E-state index contributed by atoms with van der Waals surface area (Å²) in [6.07, 6.45) is 0.965. The molecule has 1 fully saturated rings. The number of benzene rings is 1. The molecule has 0 aromatic heterocycles. The molecule has 0 bridgehead atoms. The molecule has 3 N–H and O–H groups in total. The molecule has 0 spiro atoms. The van der Waals surface area contributed by atoms with Crippen molar-refractivity contribution in [3.8, 4) is 5.75 Å². The number of aliphatic hydroxyl groups is 1. The molecule has 1 aromatic carbocycles. The minimum absolute atomic E-state index is 0.0893. The summed E-state index contributed by atoms with van der Waals surface area (Å²) in [5.41, 5.74) is 0.0951. The molecule has 0 saturated carbocycles. The molecule has 5 nitrogen and oxygen atoms in total. The van der Waals surface area contributed by atoms with Crippen LogP contribution in [0.15, 0.2) is 24.3 Å². The first-order valence-corrected chi connectivity index (χ1v) is 6.44. The minimum Gasteiger partial charge on any atom is -0.497 e. The Morgan fingerprint density at radius 2 is 2.42 bits per heavy atom. The van der Waals surface area contributed by atoms with Gasteiger partial charge in [0.15, 0.2) is 0 Å². The smallest absolute Gasteiger partial charge is 0.224 e. The third-order valence-electron chi connectivity index (χ3n) is 3.33. The number of methoxy groups -OCH3 is 1. The lowest BCUT2D eigenvalue weighted by Gasteiger charge is -2.21. The molecular weight excluding hydrogens is 244 g/mol. The molecule has 5 heteroatoms. The fourth-order valence-electron chi connectivity index (χ4n) is 2.17. The summed E-state index contributed by atoms with van der Waals surface area (Å²) in [6.45, 7) is 1.62. The zero-order valence-electron chi connectivity index (χ0n) is 11.1. The second kappa shape index (κ2) is 6.04. The van der Waals surface area contributed by atoms with Crippen LogP contribution < -0.4 is 15.4 Å². The summed E-state index contributed by atoms with van der Waals surface area (Å²) in [7, 11) is 1.60. The molecule has 1 atom stereocenters. The number of hydrogen-bond donors (Lipinski definition) is 3. The monoisotopic (exact) mass is 264 g/mol. The summed E-state index contributed by atoms with van der Waals surface area (Å²) >= 11 is 0. The second-order valence-electron chi connectivity index (χ2n) is 4.96. The second-order valence-corrected chi connectivity index (χ2v) is 4.96. The van der Waals surface area contributed by atoms with Crippen LogP contribution in [0.3, 0.4) is 0 Å². The van der Waals surface area contributed by atoms with Crippen LogP contribution in [0.2, 0.25) is 0 Å². The third kappa shape index (κ3) is 3.94. The molecule has 1 heterocycles. The lowest BCUT2D eigenvalue weighted by atomic mass is 10.0. The largest absolute Gasteiger partial charge is 0.497 e. The van der Waals surface area contributed by atoms with Crippen LogP contribution in [0.4, 0.5) is 0 Å². The van der Waals surface area contributed by atoms with Gasteiger partial charge in [0.25, 0.3) is 0 Å². The molecule has 1 amide bonds. The van der Waals surface area contributed by atoms with Crippen molar-refractivity contribution >= 4 is 5.91 Å². The van der Waals surface area contributed by atoms with E-state index in [0.29, 0.717) is 25.9 Å². The Bertz CT molecular complexity index is 442. The molecule has 1 aromatic rings. The summed E-state index contributed by atoms with van der Waals surface area (Å²) in [5.74, 6) is 0.650. The van der Waals surface area contributed by atoms with Gasteiger partial charge in [-0.15, -0.1) is 0 Å². The maximum Gasteiger partial charge on any atom is 0.224 e. The van der Waals surface area contributed by atoms with E-state index in [2.05, 4.69) is 10.6 Å². The lowest BCUT2D eigenvalue weighted by Crippen LogP contribution is -2.44. The Hall–Kier alpha value is -1.59. The first-order valence-electron chi connectivity index (χ1n) is 6.44. The molecule has 1 saturated heterocycles. The van der Waals surface area contributed by atoms with Crippen LogP contribution in [-0.4, -0.2) is 43.4 Å². The van der Waals surface area contributed by atoms with Gasteiger partial charge in [0, 0.05) is 13.1 Å². The first kappa shape index (κ1) is 13.8. The standard InChI is InChI=1S/C14H20N2O3/c1-19-12-4-2-3-11(7-12)8-13(17)16-10-14(18)5-6-15-9-14/h2-4,7,15,18H,5-6,8-10H2,1H3,(H,16,17). The molecule has 0 aliphatic carbocycles. The van der Waals surface area contributed by atoms with Crippen molar-refractivity contribution in [3.63, 3.8) is 0 Å². The van der Waals surface area contributed by atoms with Crippen molar-refractivity contribution in [2.75, 3.05) is 26.7 Å². The van der Waals surface area contributed by atoms with Gasteiger partial charge in [0.1, 0.15) is 5.75 Å². The van der Waals surface area contributed by atoms with Gasteiger partial charge in [-0.25, -0.2) is 0 Å². The number of nitrogens with one attached hydrogen (secondary N) is 2. The highest BCUT2D eigenvalue weighted by Gasteiger charge is 2.31. The van der Waals surface area contributed by atoms with Crippen LogP contribution in [0.25, 0.3) is 0 Å². The number of hydrogen-bond acceptors (Lipinski definition) is 4. The molecule has 104 valence electrons. The zero-order valence-corrected chi connectivity index (χ0v) is 11.1. The van der Waals surface area contributed by atoms with Gasteiger partial charge in [-0.05, 0) is 30.7 Å². The molecule has 0 radical (unpaired) electrons. The fourth-order valence-corrected chi connectivity index (χ4v) is 2.17. The van der Waals surface area contributed by atoms with Gasteiger partial charge in [0.2, 0.25) is 5.91 Å². The topological polar surface area (TPSA) is 70.6 Å². The first-order chi connectivity index (χ1) is 9.11. The summed E-state index contributed by atoms with van der Waals surface area (Å²) in [4.78, 5) is 11.8. The highest BCUT2D eigenvalue weighted by molar-refractivity contribution is 5.78. The SMILES string of the molecule is COc1cccc(CC(=O)NCC2(O)CCNC2)c1. The maximum atomic E-state index is 11.8. The fraction of sp³-hybridized carbons (Fsp3) is 0.500. The highest BCUT2D eigenvalue weighted by Crippen LogP contribution is 2.14. The quantitative estimate of drug-likeness (QED) is 0.704. The molecule has 1 aliphatic heterocycles. The van der Waals surface area contributed by atoms with E-state index in [-0.39, 0.29) is 5.91 Å². The van der Waals surface area contributed by atoms with Crippen molar-refractivity contribution in [2.45, 2.75) is 18.4 Å². The van der Waals surface area contributed by atoms with E-state index in [4.69, 9.17) is 4.74 Å². The number of rotatable bonds is 5. The predicted molar refractivity (Wildman–Crippen MR) is 72.1 cm³/mol. The average molecular weight is 264 g/mol. The summed E-state index contributed by atoms with van der Waals surface area (Å²) in [5, 5.41) is 16.0. The number of ether oxygens (including phenoxy) is 1. The third-order valence-corrected chi connectivity index (χ3v) is 3.33. The number of β-amino-alcohol motifs (C(OH)–C–C–N with tert-alkyl or cyclic N) is 1. The van der Waals surface area contributed by atoms with Crippen LogP contribution in [0, 0.1) is 0 Å². The van der Waals surface area contributed by atoms with Gasteiger partial charge >= 0.3 is 0 Å². The van der Waals surface area contributed by atoms with Crippen molar-refractivity contribution in [1.82, 2.24) is 10.6 Å². The number of amides is 1. The van der Waals surface area contributed by atoms with E-state index in [1.54, 1.807) is 7.11 Å². The lowest BCUT2D eigenvalue weighted by molar-refractivity contribution is -0.121. The Balaban J connectivity index is 1.83. The van der Waals surface area contributed by atoms with Crippen LogP contribution in [0.5, 0.6) is 5.75 Å². The van der Waals surface area contributed by atoms with E-state index in [1.165, 1.54) is 0 Å². The summed E-state index contributed by atoms with van der Waals surface area (Å²) < 4.78 is 5.11. The Morgan fingerprint density at radius 1 is 1.58 bits per heavy atom. The van der Waals surface area contributed by atoms with E-state index in [1.807, 2.05) is 24.3 Å².